The molecule has 0 bridgehead atoms. The molecule has 8 heteroatoms. The van der Waals surface area contributed by atoms with Crippen LogP contribution in [-0.4, -0.2) is 48.4 Å². The van der Waals surface area contributed by atoms with Gasteiger partial charge in [-0.3, -0.25) is 9.67 Å². The summed E-state index contributed by atoms with van der Waals surface area (Å²) in [6.07, 6.45) is 2.49. The Hall–Kier alpha value is -1.84. The molecular weight excluding hydrogens is 417 g/mol. The molecule has 2 rings (SSSR count). The summed E-state index contributed by atoms with van der Waals surface area (Å²) in [4.78, 5) is 10.5. The van der Waals surface area contributed by atoms with Crippen molar-refractivity contribution in [1.29, 1.82) is 0 Å². The molecule has 1 aromatic heterocycles. The van der Waals surface area contributed by atoms with E-state index in [1.807, 2.05) is 21.1 Å². The number of aliphatic imine (C=N–C) groups is 1. The van der Waals surface area contributed by atoms with E-state index in [-0.39, 0.29) is 24.0 Å². The summed E-state index contributed by atoms with van der Waals surface area (Å²) in [6.45, 7) is 1.41. The third-order valence-electron chi connectivity index (χ3n) is 3.60. The minimum absolute atomic E-state index is 0. The van der Waals surface area contributed by atoms with Gasteiger partial charge in [-0.25, -0.2) is 4.98 Å². The Morgan fingerprint density at radius 2 is 1.92 bits per heavy atom. The van der Waals surface area contributed by atoms with E-state index in [1.165, 1.54) is 11.3 Å². The van der Waals surface area contributed by atoms with Crippen molar-refractivity contribution < 1.29 is 0 Å². The molecule has 0 aliphatic carbocycles. The summed E-state index contributed by atoms with van der Waals surface area (Å²) in [7, 11) is 7.72. The first-order valence-corrected chi connectivity index (χ1v) is 7.64. The van der Waals surface area contributed by atoms with E-state index in [4.69, 9.17) is 0 Å². The third kappa shape index (κ3) is 5.99. The second-order valence-corrected chi connectivity index (χ2v) is 5.46. The minimum atomic E-state index is 0. The Morgan fingerprint density at radius 1 is 1.21 bits per heavy atom. The molecule has 132 valence electrons. The zero-order valence-corrected chi connectivity index (χ0v) is 17.0. The van der Waals surface area contributed by atoms with Gasteiger partial charge in [-0.15, -0.1) is 24.0 Å². The number of aryl methyl sites for hydroxylation is 1. The average Bonchev–Trinajstić information content (AvgIpc) is 2.96. The fourth-order valence-corrected chi connectivity index (χ4v) is 2.15. The third-order valence-corrected chi connectivity index (χ3v) is 3.60. The fourth-order valence-electron chi connectivity index (χ4n) is 2.15. The van der Waals surface area contributed by atoms with E-state index in [1.54, 1.807) is 18.1 Å². The summed E-state index contributed by atoms with van der Waals surface area (Å²) in [5.74, 6) is 1.63. The number of aromatic nitrogens is 3. The lowest BCUT2D eigenvalue weighted by Crippen LogP contribution is -2.38. The molecule has 2 N–H and O–H groups in total. The predicted octanol–water partition coefficient (Wildman–Crippen LogP) is 1.41. The van der Waals surface area contributed by atoms with E-state index in [9.17, 15) is 0 Å². The quantitative estimate of drug-likeness (QED) is 0.402. The van der Waals surface area contributed by atoms with Crippen molar-refractivity contribution in [3.63, 3.8) is 0 Å². The van der Waals surface area contributed by atoms with Crippen molar-refractivity contribution in [2.24, 2.45) is 12.0 Å². The number of hydrogen-bond acceptors (Lipinski definition) is 4. The molecule has 1 aromatic carbocycles. The van der Waals surface area contributed by atoms with Crippen molar-refractivity contribution in [3.05, 3.63) is 42.0 Å². The number of nitrogens with zero attached hydrogens (tertiary/aromatic N) is 5. The SMILES string of the molecule is CN=C(NCCc1ccc(N(C)C)cc1)NCc1ncnn1C.I. The number of halogens is 1. The van der Waals surface area contributed by atoms with Crippen LogP contribution < -0.4 is 15.5 Å². The first-order chi connectivity index (χ1) is 11.1. The first-order valence-electron chi connectivity index (χ1n) is 7.64. The van der Waals surface area contributed by atoms with Crippen LogP contribution in [-0.2, 0) is 20.0 Å². The maximum absolute atomic E-state index is 4.22. The van der Waals surface area contributed by atoms with Crippen LogP contribution in [0, 0.1) is 0 Å². The number of benzene rings is 1. The van der Waals surface area contributed by atoms with E-state index < -0.39 is 0 Å². The second kappa shape index (κ2) is 10.1. The summed E-state index contributed by atoms with van der Waals surface area (Å²) in [6, 6.07) is 8.59. The molecule has 0 saturated heterocycles. The largest absolute Gasteiger partial charge is 0.378 e. The zero-order chi connectivity index (χ0) is 16.7. The van der Waals surface area contributed by atoms with Crippen molar-refractivity contribution in [1.82, 2.24) is 25.4 Å². The molecule has 0 aliphatic heterocycles. The number of guanidine groups is 1. The smallest absolute Gasteiger partial charge is 0.191 e. The van der Waals surface area contributed by atoms with Gasteiger partial charge >= 0.3 is 0 Å². The van der Waals surface area contributed by atoms with Gasteiger partial charge in [-0.1, -0.05) is 12.1 Å². The maximum atomic E-state index is 4.22. The lowest BCUT2D eigenvalue weighted by molar-refractivity contribution is 0.672. The highest BCUT2D eigenvalue weighted by Crippen LogP contribution is 2.12. The number of anilines is 1. The minimum Gasteiger partial charge on any atom is -0.378 e. The Balaban J connectivity index is 0.00000288. The molecule has 0 unspecified atom stereocenters. The van der Waals surface area contributed by atoms with Gasteiger partial charge in [-0.05, 0) is 24.1 Å². The van der Waals surface area contributed by atoms with Crippen LogP contribution in [0.25, 0.3) is 0 Å². The van der Waals surface area contributed by atoms with Crippen molar-refractivity contribution in [2.75, 3.05) is 32.6 Å². The molecule has 7 nitrogen and oxygen atoms in total. The highest BCUT2D eigenvalue weighted by Gasteiger charge is 2.03. The summed E-state index contributed by atoms with van der Waals surface area (Å²) < 4.78 is 1.74. The van der Waals surface area contributed by atoms with Crippen molar-refractivity contribution >= 4 is 35.6 Å². The Kier molecular flexibility index (Phi) is 8.51. The number of nitrogens with one attached hydrogen (secondary N) is 2. The molecule has 2 aromatic rings. The van der Waals surface area contributed by atoms with Gasteiger partial charge in [-0.2, -0.15) is 5.10 Å². The lowest BCUT2D eigenvalue weighted by Gasteiger charge is -2.13. The van der Waals surface area contributed by atoms with E-state index in [0.717, 1.165) is 24.7 Å². The summed E-state index contributed by atoms with van der Waals surface area (Å²) in [5.41, 5.74) is 2.51. The maximum Gasteiger partial charge on any atom is 0.191 e. The van der Waals surface area contributed by atoms with E-state index in [0.29, 0.717) is 6.54 Å². The molecule has 1 heterocycles. The molecule has 0 spiro atoms. The van der Waals surface area contributed by atoms with Gasteiger partial charge in [0, 0.05) is 40.4 Å². The highest BCUT2D eigenvalue weighted by molar-refractivity contribution is 14.0. The molecular formula is C16H26IN7. The van der Waals surface area contributed by atoms with Crippen molar-refractivity contribution in [2.45, 2.75) is 13.0 Å². The van der Waals surface area contributed by atoms with Crippen LogP contribution >= 0.6 is 24.0 Å². The lowest BCUT2D eigenvalue weighted by atomic mass is 10.1. The molecule has 0 saturated carbocycles. The van der Waals surface area contributed by atoms with Crippen LogP contribution in [0.5, 0.6) is 0 Å². The van der Waals surface area contributed by atoms with Crippen molar-refractivity contribution in [3.8, 4) is 0 Å². The standard InChI is InChI=1S/C16H25N7.HI/c1-17-16(19-11-15-20-12-21-23(15)4)18-10-9-13-5-7-14(8-6-13)22(2)3;/h5-8,12H,9-11H2,1-4H3,(H2,17,18,19);1H. The normalized spacial score (nSPS) is 10.9. The number of rotatable bonds is 6. The van der Waals surface area contributed by atoms with Gasteiger partial charge < -0.3 is 15.5 Å². The highest BCUT2D eigenvalue weighted by atomic mass is 127. The van der Waals surface area contributed by atoms with Gasteiger partial charge in [0.25, 0.3) is 0 Å². The molecule has 0 radical (unpaired) electrons. The van der Waals surface area contributed by atoms with Crippen LogP contribution in [0.1, 0.15) is 11.4 Å². The van der Waals surface area contributed by atoms with E-state index in [2.05, 4.69) is 54.9 Å². The molecule has 24 heavy (non-hydrogen) atoms. The molecule has 0 fully saturated rings. The Labute approximate surface area is 160 Å². The topological polar surface area (TPSA) is 70.4 Å². The van der Waals surface area contributed by atoms with Crippen LogP contribution in [0.3, 0.4) is 0 Å². The second-order valence-electron chi connectivity index (χ2n) is 5.46. The fraction of sp³-hybridized carbons (Fsp3) is 0.438. The predicted molar refractivity (Wildman–Crippen MR) is 109 cm³/mol. The number of hydrogen-bond donors (Lipinski definition) is 2. The van der Waals surface area contributed by atoms with Crippen LogP contribution in [0.4, 0.5) is 5.69 Å². The monoisotopic (exact) mass is 443 g/mol. The zero-order valence-electron chi connectivity index (χ0n) is 14.7. The van der Waals surface area contributed by atoms with Crippen LogP contribution in [0.15, 0.2) is 35.6 Å². The van der Waals surface area contributed by atoms with Gasteiger partial charge in [0.15, 0.2) is 5.96 Å². The van der Waals surface area contributed by atoms with Crippen LogP contribution in [0.2, 0.25) is 0 Å². The van der Waals surface area contributed by atoms with Gasteiger partial charge in [0.1, 0.15) is 12.2 Å². The molecule has 0 atom stereocenters. The summed E-state index contributed by atoms with van der Waals surface area (Å²) in [5, 5.41) is 10.6. The van der Waals surface area contributed by atoms with E-state index >= 15 is 0 Å². The average molecular weight is 443 g/mol. The first kappa shape index (κ1) is 20.2. The molecule has 0 aliphatic rings. The Morgan fingerprint density at radius 3 is 2.46 bits per heavy atom. The van der Waals surface area contributed by atoms with Gasteiger partial charge in [0.05, 0.1) is 6.54 Å². The molecule has 0 amide bonds. The van der Waals surface area contributed by atoms with Gasteiger partial charge in [0.2, 0.25) is 0 Å². The Bertz CT molecular complexity index is 634. The summed E-state index contributed by atoms with van der Waals surface area (Å²) >= 11 is 0.